The van der Waals surface area contributed by atoms with Crippen molar-refractivity contribution >= 4 is 11.9 Å². The van der Waals surface area contributed by atoms with Crippen molar-refractivity contribution in [3.8, 4) is 0 Å². The first kappa shape index (κ1) is 26.1. The van der Waals surface area contributed by atoms with Gasteiger partial charge in [0.25, 0.3) is 0 Å². The predicted molar refractivity (Wildman–Crippen MR) is 138 cm³/mol. The van der Waals surface area contributed by atoms with Crippen LogP contribution in [0.5, 0.6) is 0 Å². The summed E-state index contributed by atoms with van der Waals surface area (Å²) < 4.78 is 25.2. The lowest BCUT2D eigenvalue weighted by molar-refractivity contribution is -0.273. The third-order valence-electron chi connectivity index (χ3n) is 12.6. The molecule has 2 saturated heterocycles. The van der Waals surface area contributed by atoms with E-state index >= 15 is 0 Å². The third-order valence-corrected chi connectivity index (χ3v) is 12.6. The summed E-state index contributed by atoms with van der Waals surface area (Å²) in [7, 11) is 0. The third kappa shape index (κ3) is 3.85. The molecule has 4 aliphatic carbocycles. The summed E-state index contributed by atoms with van der Waals surface area (Å²) in [6.07, 6.45) is 9.57. The molecule has 0 N–H and O–H groups in total. The number of ether oxygens (including phenoxy) is 4. The molecule has 0 amide bonds. The highest BCUT2D eigenvalue weighted by molar-refractivity contribution is 5.67. The minimum absolute atomic E-state index is 0.0689. The topological polar surface area (TPSA) is 71.1 Å². The first-order valence-corrected chi connectivity index (χ1v) is 15.1. The molecular weight excluding hydrogens is 468 g/mol. The zero-order chi connectivity index (χ0) is 26.3. The molecular formula is C31H48O6. The number of carbonyl (C=O) groups excluding carboxylic acids is 2. The fourth-order valence-electron chi connectivity index (χ4n) is 11.0. The summed E-state index contributed by atoms with van der Waals surface area (Å²) >= 11 is 0. The quantitative estimate of drug-likeness (QED) is 0.425. The lowest BCUT2D eigenvalue weighted by Gasteiger charge is -2.62. The monoisotopic (exact) mass is 516 g/mol. The van der Waals surface area contributed by atoms with E-state index in [4.69, 9.17) is 18.9 Å². The van der Waals surface area contributed by atoms with Crippen LogP contribution in [0.4, 0.5) is 0 Å². The van der Waals surface area contributed by atoms with E-state index in [9.17, 15) is 9.59 Å². The Hall–Kier alpha value is -1.14. The second-order valence-corrected chi connectivity index (χ2v) is 14.3. The number of esters is 2. The van der Waals surface area contributed by atoms with Crippen LogP contribution in [0.25, 0.3) is 0 Å². The molecule has 2 aliphatic heterocycles. The van der Waals surface area contributed by atoms with E-state index in [-0.39, 0.29) is 40.8 Å². The fourth-order valence-corrected chi connectivity index (χ4v) is 11.0. The highest BCUT2D eigenvalue weighted by Crippen LogP contribution is 2.71. The van der Waals surface area contributed by atoms with Crippen molar-refractivity contribution in [2.75, 3.05) is 6.61 Å². The number of rotatable bonds is 2. The van der Waals surface area contributed by atoms with Crippen LogP contribution in [-0.2, 0) is 28.5 Å². The molecule has 6 rings (SSSR count). The Morgan fingerprint density at radius 1 is 0.865 bits per heavy atom. The summed E-state index contributed by atoms with van der Waals surface area (Å²) in [5.74, 6) is 3.00. The standard InChI is InChI=1S/C31H48O6/c1-17-9-12-31(34-16-17)18(2)28-26(37-31)15-25-23-8-7-21-13-22(35-19(3)32)14-27(36-20(4)33)30(21,6)24(23)10-11-29(25,28)5/h17-18,21-28H,7-16H2,1-6H3/t17-,18+,21-,22-,23+,24+,25-,26+,27-,28+,29+,30+,31-/m1/s1. The zero-order valence-electron chi connectivity index (χ0n) is 23.8. The van der Waals surface area contributed by atoms with Gasteiger partial charge in [-0.15, -0.1) is 0 Å². The second-order valence-electron chi connectivity index (χ2n) is 14.3. The minimum Gasteiger partial charge on any atom is -0.462 e. The van der Waals surface area contributed by atoms with Crippen LogP contribution in [0, 0.1) is 52.3 Å². The van der Waals surface area contributed by atoms with Gasteiger partial charge in [0.15, 0.2) is 5.79 Å². The Labute approximate surface area is 222 Å². The van der Waals surface area contributed by atoms with Gasteiger partial charge in [-0.2, -0.15) is 0 Å². The van der Waals surface area contributed by atoms with Gasteiger partial charge in [-0.25, -0.2) is 0 Å². The molecule has 37 heavy (non-hydrogen) atoms. The number of fused-ring (bicyclic) bond motifs is 7. The van der Waals surface area contributed by atoms with Gasteiger partial charge in [0, 0.05) is 38.0 Å². The van der Waals surface area contributed by atoms with Gasteiger partial charge in [0.2, 0.25) is 0 Å². The summed E-state index contributed by atoms with van der Waals surface area (Å²) in [5, 5.41) is 0. The average Bonchev–Trinajstić information content (AvgIpc) is 3.26. The highest BCUT2D eigenvalue weighted by atomic mass is 16.7. The summed E-state index contributed by atoms with van der Waals surface area (Å²) in [5.41, 5.74) is 0.205. The molecule has 13 atom stereocenters. The molecule has 6 nitrogen and oxygen atoms in total. The molecule has 0 unspecified atom stereocenters. The van der Waals surface area contributed by atoms with E-state index in [1.165, 1.54) is 39.5 Å². The normalized spacial score (nSPS) is 54.5. The lowest BCUT2D eigenvalue weighted by atomic mass is 9.43. The van der Waals surface area contributed by atoms with Crippen LogP contribution in [0.15, 0.2) is 0 Å². The number of hydrogen-bond donors (Lipinski definition) is 0. The lowest BCUT2D eigenvalue weighted by Crippen LogP contribution is -2.60. The van der Waals surface area contributed by atoms with E-state index in [1.807, 2.05) is 0 Å². The van der Waals surface area contributed by atoms with Crippen molar-refractivity contribution in [2.24, 2.45) is 52.3 Å². The highest BCUT2D eigenvalue weighted by Gasteiger charge is 2.70. The predicted octanol–water partition coefficient (Wildman–Crippen LogP) is 5.91. The number of carbonyl (C=O) groups is 2. The van der Waals surface area contributed by atoms with E-state index in [1.54, 1.807) is 0 Å². The van der Waals surface area contributed by atoms with Crippen molar-refractivity contribution in [1.29, 1.82) is 0 Å². The van der Waals surface area contributed by atoms with Crippen molar-refractivity contribution in [2.45, 2.75) is 123 Å². The van der Waals surface area contributed by atoms with E-state index in [0.29, 0.717) is 54.0 Å². The van der Waals surface area contributed by atoms with Gasteiger partial charge in [0.05, 0.1) is 12.7 Å². The molecule has 4 saturated carbocycles. The van der Waals surface area contributed by atoms with Gasteiger partial charge < -0.3 is 18.9 Å². The summed E-state index contributed by atoms with van der Waals surface area (Å²) in [4.78, 5) is 24.0. The zero-order valence-corrected chi connectivity index (χ0v) is 23.8. The maximum Gasteiger partial charge on any atom is 0.302 e. The molecule has 6 fully saturated rings. The van der Waals surface area contributed by atoms with Crippen molar-refractivity contribution in [1.82, 2.24) is 0 Å². The minimum atomic E-state index is -0.369. The molecule has 0 bridgehead atoms. The van der Waals surface area contributed by atoms with E-state index in [0.717, 1.165) is 32.3 Å². The molecule has 0 aromatic heterocycles. The molecule has 208 valence electrons. The molecule has 6 heteroatoms. The Bertz CT molecular complexity index is 925. The van der Waals surface area contributed by atoms with E-state index in [2.05, 4.69) is 27.7 Å². The molecule has 0 aromatic rings. The van der Waals surface area contributed by atoms with Gasteiger partial charge in [0.1, 0.15) is 12.2 Å². The fraction of sp³-hybridized carbons (Fsp3) is 0.935. The van der Waals surface area contributed by atoms with Crippen LogP contribution in [0.1, 0.15) is 99.3 Å². The Morgan fingerprint density at radius 2 is 1.62 bits per heavy atom. The molecule has 1 spiro atoms. The van der Waals surface area contributed by atoms with Gasteiger partial charge in [-0.3, -0.25) is 9.59 Å². The van der Waals surface area contributed by atoms with Crippen LogP contribution >= 0.6 is 0 Å². The van der Waals surface area contributed by atoms with Crippen molar-refractivity contribution in [3.63, 3.8) is 0 Å². The van der Waals surface area contributed by atoms with Gasteiger partial charge in [-0.05, 0) is 85.9 Å². The van der Waals surface area contributed by atoms with Crippen molar-refractivity contribution in [3.05, 3.63) is 0 Å². The average molecular weight is 517 g/mol. The van der Waals surface area contributed by atoms with Crippen LogP contribution in [0.2, 0.25) is 0 Å². The summed E-state index contributed by atoms with van der Waals surface area (Å²) in [6.45, 7) is 13.5. The van der Waals surface area contributed by atoms with Gasteiger partial charge >= 0.3 is 11.9 Å². The first-order valence-electron chi connectivity index (χ1n) is 15.1. The SMILES string of the molecule is CC(=O)O[C@@H]1C[C@H]2CC[C@@H]3[C@H]4C[C@@H]5O[C@]6(CC[C@@H](C)CO6)[C@@H](C)[C@@H]5[C@@]4(C)CC[C@@H]3[C@@]2(C)[C@H](OC(C)=O)C1. The first-order chi connectivity index (χ1) is 17.5. The smallest absolute Gasteiger partial charge is 0.302 e. The van der Waals surface area contributed by atoms with Crippen LogP contribution in [-0.4, -0.2) is 42.6 Å². The Balaban J connectivity index is 1.26. The molecule has 2 heterocycles. The Kier molecular flexibility index (Phi) is 6.31. The molecule has 0 aromatic carbocycles. The largest absolute Gasteiger partial charge is 0.462 e. The molecule has 0 radical (unpaired) electrons. The maximum atomic E-state index is 12.2. The molecule has 6 aliphatic rings. The van der Waals surface area contributed by atoms with Crippen LogP contribution in [0.3, 0.4) is 0 Å². The number of hydrogen-bond acceptors (Lipinski definition) is 6. The summed E-state index contributed by atoms with van der Waals surface area (Å²) in [6, 6.07) is 0. The maximum absolute atomic E-state index is 12.2. The van der Waals surface area contributed by atoms with E-state index < -0.39 is 0 Å². The Morgan fingerprint density at radius 3 is 2.30 bits per heavy atom. The van der Waals surface area contributed by atoms with Crippen LogP contribution < -0.4 is 0 Å². The van der Waals surface area contributed by atoms with Crippen molar-refractivity contribution < 1.29 is 28.5 Å². The van der Waals surface area contributed by atoms with Gasteiger partial charge in [-0.1, -0.05) is 27.7 Å². The second kappa shape index (κ2) is 8.94.